The van der Waals surface area contributed by atoms with Crippen LogP contribution in [0.4, 0.5) is 26.9 Å². The van der Waals surface area contributed by atoms with E-state index in [0.29, 0.717) is 17.1 Å². The Bertz CT molecular complexity index is 1380. The van der Waals surface area contributed by atoms with Gasteiger partial charge in [-0.1, -0.05) is 0 Å². The molecule has 1 aromatic carbocycles. The predicted octanol–water partition coefficient (Wildman–Crippen LogP) is 5.77. The Hall–Kier alpha value is -4.41. The Morgan fingerprint density at radius 2 is 1.75 bits per heavy atom. The lowest BCUT2D eigenvalue weighted by Gasteiger charge is -2.25. The molecule has 188 valence electrons. The van der Waals surface area contributed by atoms with Gasteiger partial charge in [0.25, 0.3) is 0 Å². The van der Waals surface area contributed by atoms with Crippen LogP contribution in [0.2, 0.25) is 0 Å². The molecule has 0 spiro atoms. The highest BCUT2D eigenvalue weighted by atomic mass is 16.6. The van der Waals surface area contributed by atoms with E-state index >= 15 is 0 Å². The largest absolute Gasteiger partial charge is 0.444 e. The summed E-state index contributed by atoms with van der Waals surface area (Å²) in [4.78, 5) is 38.8. The van der Waals surface area contributed by atoms with Gasteiger partial charge in [0.05, 0.1) is 28.8 Å². The van der Waals surface area contributed by atoms with Crippen molar-refractivity contribution in [1.82, 2.24) is 25.1 Å². The van der Waals surface area contributed by atoms with E-state index < -0.39 is 23.4 Å². The van der Waals surface area contributed by atoms with E-state index in [1.165, 1.54) is 11.1 Å². The second-order valence-electron chi connectivity index (χ2n) is 10.1. The zero-order chi connectivity index (χ0) is 26.1. The van der Waals surface area contributed by atoms with Crippen molar-refractivity contribution in [2.75, 3.05) is 10.2 Å². The highest BCUT2D eigenvalue weighted by Gasteiger charge is 2.28. The Labute approximate surface area is 208 Å². The molecule has 0 fully saturated rings. The number of carbonyl (C=O) groups excluding carboxylic acids is 2. The molecule has 36 heavy (non-hydrogen) atoms. The zero-order valence-corrected chi connectivity index (χ0v) is 21.0. The van der Waals surface area contributed by atoms with E-state index in [0.717, 1.165) is 16.5 Å². The summed E-state index contributed by atoms with van der Waals surface area (Å²) in [6, 6.07) is 7.20. The van der Waals surface area contributed by atoms with Crippen LogP contribution < -0.4 is 10.2 Å². The van der Waals surface area contributed by atoms with Gasteiger partial charge in [-0.3, -0.25) is 10.4 Å². The minimum Gasteiger partial charge on any atom is -0.444 e. The summed E-state index contributed by atoms with van der Waals surface area (Å²) in [7, 11) is 0. The second kappa shape index (κ2) is 9.33. The number of anilines is 3. The van der Waals surface area contributed by atoms with Crippen molar-refractivity contribution < 1.29 is 19.1 Å². The molecule has 3 aromatic heterocycles. The molecule has 4 aromatic rings. The molecule has 0 radical (unpaired) electrons. The number of carbonyl (C=O) groups is 2. The van der Waals surface area contributed by atoms with Crippen LogP contribution in [0, 0.1) is 0 Å². The third-order valence-electron chi connectivity index (χ3n) is 4.80. The average Bonchev–Trinajstić information content (AvgIpc) is 3.44. The average molecular weight is 492 g/mol. The summed E-state index contributed by atoms with van der Waals surface area (Å²) in [6.45, 7) is 10.8. The Kier molecular flexibility index (Phi) is 6.40. The lowest BCUT2D eigenvalue weighted by atomic mass is 10.1. The van der Waals surface area contributed by atoms with Crippen LogP contribution in [0.25, 0.3) is 22.2 Å². The van der Waals surface area contributed by atoms with E-state index in [2.05, 4.69) is 30.5 Å². The van der Waals surface area contributed by atoms with Gasteiger partial charge >= 0.3 is 12.2 Å². The molecule has 0 bridgehead atoms. The predicted molar refractivity (Wildman–Crippen MR) is 136 cm³/mol. The minimum atomic E-state index is -0.718. The number of benzene rings is 1. The Morgan fingerprint density at radius 1 is 1.00 bits per heavy atom. The molecular weight excluding hydrogens is 462 g/mol. The van der Waals surface area contributed by atoms with Crippen LogP contribution in [0.5, 0.6) is 0 Å². The third kappa shape index (κ3) is 5.62. The number of nitrogens with zero attached hydrogens (tertiary/aromatic N) is 4. The fourth-order valence-corrected chi connectivity index (χ4v) is 3.48. The van der Waals surface area contributed by atoms with Crippen molar-refractivity contribution in [3.05, 3.63) is 49.1 Å². The maximum Gasteiger partial charge on any atom is 0.422 e. The number of nitrogens with one attached hydrogen (secondary N) is 3. The summed E-state index contributed by atoms with van der Waals surface area (Å²) < 4.78 is 11.0. The van der Waals surface area contributed by atoms with E-state index in [1.54, 1.807) is 72.3 Å². The summed E-state index contributed by atoms with van der Waals surface area (Å²) in [6.07, 6.45) is 5.20. The number of ether oxygens (including phenoxy) is 2. The fraction of sp³-hybridized carbons (Fsp3) is 0.320. The topological polar surface area (TPSA) is 138 Å². The lowest BCUT2D eigenvalue weighted by molar-refractivity contribution is 0.0594. The molecular formula is C25H29N7O4. The van der Waals surface area contributed by atoms with Crippen molar-refractivity contribution in [3.8, 4) is 11.3 Å². The first-order chi connectivity index (χ1) is 16.9. The van der Waals surface area contributed by atoms with E-state index in [-0.39, 0.29) is 5.95 Å². The van der Waals surface area contributed by atoms with Crippen molar-refractivity contribution in [3.63, 3.8) is 0 Å². The molecule has 4 rings (SSSR count). The van der Waals surface area contributed by atoms with Crippen LogP contribution in [0.3, 0.4) is 0 Å². The van der Waals surface area contributed by atoms with Crippen molar-refractivity contribution >= 4 is 40.4 Å². The summed E-state index contributed by atoms with van der Waals surface area (Å²) in [5, 5.41) is 10.2. The SMILES string of the molecule is CC(C)(C)OC(=O)Nc1ccc(-c2ccnc(N(C(=O)OC(C)(C)C)c3cn[nH]c3)n2)c2[nH]ccc12. The van der Waals surface area contributed by atoms with Crippen molar-refractivity contribution in [2.45, 2.75) is 52.7 Å². The molecule has 0 saturated carbocycles. The van der Waals surface area contributed by atoms with Gasteiger partial charge in [0.15, 0.2) is 0 Å². The van der Waals surface area contributed by atoms with Crippen molar-refractivity contribution in [1.29, 1.82) is 0 Å². The monoisotopic (exact) mass is 491 g/mol. The quantitative estimate of drug-likeness (QED) is 0.329. The molecule has 3 N–H and O–H groups in total. The highest BCUT2D eigenvalue weighted by Crippen LogP contribution is 2.33. The molecule has 3 heterocycles. The van der Waals surface area contributed by atoms with E-state index in [1.807, 2.05) is 12.1 Å². The van der Waals surface area contributed by atoms with Crippen molar-refractivity contribution in [2.24, 2.45) is 0 Å². The number of H-pyrrole nitrogens is 2. The number of hydrogen-bond acceptors (Lipinski definition) is 7. The first-order valence-electron chi connectivity index (χ1n) is 11.4. The standard InChI is InChI=1S/C25H29N7O4/c1-24(2,3)35-22(33)31-18-8-7-16(20-17(18)9-11-26-20)19-10-12-27-21(30-19)32(15-13-28-29-14-15)23(34)36-25(4,5)6/h7-14,26H,1-6H3,(H,28,29)(H,31,33). The molecule has 0 unspecified atom stereocenters. The van der Waals surface area contributed by atoms with Gasteiger partial charge in [0.2, 0.25) is 5.95 Å². The van der Waals surface area contributed by atoms with Gasteiger partial charge in [-0.25, -0.2) is 24.5 Å². The third-order valence-corrected chi connectivity index (χ3v) is 4.80. The van der Waals surface area contributed by atoms with Gasteiger partial charge in [-0.05, 0) is 65.8 Å². The zero-order valence-electron chi connectivity index (χ0n) is 21.0. The van der Waals surface area contributed by atoms with Gasteiger partial charge in [0.1, 0.15) is 11.2 Å². The summed E-state index contributed by atoms with van der Waals surface area (Å²) in [5.41, 5.74) is 1.76. The van der Waals surface area contributed by atoms with Crippen LogP contribution in [0.1, 0.15) is 41.5 Å². The smallest absolute Gasteiger partial charge is 0.422 e. The number of fused-ring (bicyclic) bond motifs is 1. The Morgan fingerprint density at radius 3 is 2.42 bits per heavy atom. The number of hydrogen-bond donors (Lipinski definition) is 3. The first kappa shape index (κ1) is 24.7. The number of rotatable bonds is 4. The normalized spacial score (nSPS) is 11.8. The van der Waals surface area contributed by atoms with Gasteiger partial charge < -0.3 is 14.5 Å². The first-order valence-corrected chi connectivity index (χ1v) is 11.4. The molecule has 0 aliphatic rings. The Balaban J connectivity index is 1.71. The fourth-order valence-electron chi connectivity index (χ4n) is 3.48. The van der Waals surface area contributed by atoms with Gasteiger partial charge in [0, 0.05) is 29.5 Å². The van der Waals surface area contributed by atoms with Gasteiger partial charge in [-0.2, -0.15) is 5.10 Å². The molecule has 11 nitrogen and oxygen atoms in total. The molecule has 0 aliphatic heterocycles. The summed E-state index contributed by atoms with van der Waals surface area (Å²) in [5.74, 6) is 0.124. The van der Waals surface area contributed by atoms with Crippen LogP contribution >= 0.6 is 0 Å². The van der Waals surface area contributed by atoms with E-state index in [9.17, 15) is 9.59 Å². The highest BCUT2D eigenvalue weighted by molar-refractivity contribution is 6.05. The van der Waals surface area contributed by atoms with Gasteiger partial charge in [-0.15, -0.1) is 0 Å². The summed E-state index contributed by atoms with van der Waals surface area (Å²) >= 11 is 0. The number of aromatic nitrogens is 5. The number of amides is 2. The van der Waals surface area contributed by atoms with E-state index in [4.69, 9.17) is 9.47 Å². The molecule has 0 atom stereocenters. The second-order valence-corrected chi connectivity index (χ2v) is 10.1. The van der Waals surface area contributed by atoms with Crippen LogP contribution in [-0.2, 0) is 9.47 Å². The van der Waals surface area contributed by atoms with Crippen LogP contribution in [-0.4, -0.2) is 48.5 Å². The maximum absolute atomic E-state index is 13.0. The molecule has 0 saturated heterocycles. The molecule has 0 aliphatic carbocycles. The number of aromatic amines is 2. The maximum atomic E-state index is 13.0. The lowest BCUT2D eigenvalue weighted by Crippen LogP contribution is -2.34. The minimum absolute atomic E-state index is 0.124. The van der Waals surface area contributed by atoms with Crippen LogP contribution in [0.15, 0.2) is 49.1 Å². The molecule has 11 heteroatoms. The molecule has 2 amide bonds.